The molecule has 0 radical (unpaired) electrons. The van der Waals surface area contributed by atoms with E-state index < -0.39 is 18.8 Å². The Morgan fingerprint density at radius 3 is 2.73 bits per heavy atom. The molecule has 6 nitrogen and oxygen atoms in total. The van der Waals surface area contributed by atoms with Crippen molar-refractivity contribution in [2.45, 2.75) is 25.2 Å². The maximum Gasteiger partial charge on any atom is 0.254 e. The first kappa shape index (κ1) is 17.8. The number of thiazole rings is 1. The molecule has 140 valence electrons. The summed E-state index contributed by atoms with van der Waals surface area (Å²) in [6.07, 6.45) is -3.31. The number of carbonyl (C=O) groups excluding carboxylic acids is 1. The van der Waals surface area contributed by atoms with Gasteiger partial charge in [-0.25, -0.2) is 13.8 Å². The zero-order chi connectivity index (χ0) is 18.3. The first-order valence-electron chi connectivity index (χ1n) is 8.39. The number of hydrogen-bond acceptors (Lipinski definition) is 6. The van der Waals surface area contributed by atoms with E-state index in [0.717, 1.165) is 15.3 Å². The molecule has 10 heteroatoms. The number of halogens is 3. The number of alkyl halides is 2. The molecule has 4 rings (SSSR count). The molecule has 2 atom stereocenters. The molecule has 1 aromatic carbocycles. The maximum absolute atomic E-state index is 13.0. The SMILES string of the molecule is O=C1CC(C(F)F)NC(N2CCN(c3nc4c(Cl)cccc4s3)CC2)N1. The molecular formula is C16H18ClF2N5OS. The molecule has 0 spiro atoms. The van der Waals surface area contributed by atoms with Gasteiger partial charge in [0, 0.05) is 32.6 Å². The second kappa shape index (κ2) is 7.22. The molecule has 2 aliphatic rings. The van der Waals surface area contributed by atoms with E-state index in [9.17, 15) is 13.6 Å². The predicted octanol–water partition coefficient (Wildman–Crippen LogP) is 2.10. The number of hydrogen-bond donors (Lipinski definition) is 2. The lowest BCUT2D eigenvalue weighted by Gasteiger charge is -2.42. The number of nitrogens with one attached hydrogen (secondary N) is 2. The zero-order valence-electron chi connectivity index (χ0n) is 13.8. The molecule has 2 unspecified atom stereocenters. The van der Waals surface area contributed by atoms with Crippen molar-refractivity contribution in [3.05, 3.63) is 23.2 Å². The standard InChI is InChI=1S/C16H18ClF2N5OS/c17-9-2-1-3-11-13(9)22-16(26-11)24-6-4-23(5-7-24)15-20-10(14(18)19)8-12(25)21-15/h1-3,10,14-15,20H,4-8H2,(H,21,25). The number of anilines is 1. The second-order valence-corrected chi connectivity index (χ2v) is 7.80. The van der Waals surface area contributed by atoms with Crippen LogP contribution in [0.4, 0.5) is 13.9 Å². The Hall–Kier alpha value is -1.55. The molecule has 2 fully saturated rings. The Balaban J connectivity index is 1.42. The van der Waals surface area contributed by atoms with Crippen LogP contribution in [0.25, 0.3) is 10.2 Å². The summed E-state index contributed by atoms with van der Waals surface area (Å²) in [5, 5.41) is 7.12. The summed E-state index contributed by atoms with van der Waals surface area (Å²) in [6.45, 7) is 2.67. The van der Waals surface area contributed by atoms with Gasteiger partial charge in [-0.1, -0.05) is 29.0 Å². The lowest BCUT2D eigenvalue weighted by atomic mass is 10.1. The van der Waals surface area contributed by atoms with Gasteiger partial charge >= 0.3 is 0 Å². The average Bonchev–Trinajstić information content (AvgIpc) is 3.07. The minimum atomic E-state index is -2.56. The minimum Gasteiger partial charge on any atom is -0.345 e. The van der Waals surface area contributed by atoms with Gasteiger partial charge in [0.25, 0.3) is 6.43 Å². The van der Waals surface area contributed by atoms with Crippen molar-refractivity contribution in [2.75, 3.05) is 31.1 Å². The van der Waals surface area contributed by atoms with Crippen molar-refractivity contribution in [1.82, 2.24) is 20.5 Å². The first-order valence-corrected chi connectivity index (χ1v) is 9.58. The van der Waals surface area contributed by atoms with Gasteiger partial charge in [0.05, 0.1) is 15.8 Å². The van der Waals surface area contributed by atoms with Crippen LogP contribution in [0.15, 0.2) is 18.2 Å². The highest BCUT2D eigenvalue weighted by atomic mass is 35.5. The largest absolute Gasteiger partial charge is 0.345 e. The van der Waals surface area contributed by atoms with Crippen molar-refractivity contribution in [2.24, 2.45) is 0 Å². The van der Waals surface area contributed by atoms with Crippen LogP contribution < -0.4 is 15.5 Å². The van der Waals surface area contributed by atoms with Gasteiger partial charge in [-0.3, -0.25) is 15.0 Å². The number of para-hydroxylation sites is 1. The molecule has 0 saturated carbocycles. The predicted molar refractivity (Wildman–Crippen MR) is 97.9 cm³/mol. The average molecular weight is 402 g/mol. The van der Waals surface area contributed by atoms with Crippen molar-refractivity contribution in [3.8, 4) is 0 Å². The fraction of sp³-hybridized carbons (Fsp3) is 0.500. The van der Waals surface area contributed by atoms with Crippen molar-refractivity contribution >= 4 is 44.2 Å². The van der Waals surface area contributed by atoms with Gasteiger partial charge in [0.1, 0.15) is 11.8 Å². The van der Waals surface area contributed by atoms with E-state index in [-0.39, 0.29) is 12.3 Å². The van der Waals surface area contributed by atoms with Crippen LogP contribution in [0.3, 0.4) is 0 Å². The molecule has 2 N–H and O–H groups in total. The Morgan fingerprint density at radius 2 is 2.04 bits per heavy atom. The van der Waals surface area contributed by atoms with Gasteiger partial charge in [-0.2, -0.15) is 0 Å². The van der Waals surface area contributed by atoms with Crippen LogP contribution in [-0.4, -0.2) is 60.7 Å². The van der Waals surface area contributed by atoms with Gasteiger partial charge < -0.3 is 10.2 Å². The third kappa shape index (κ3) is 3.48. The molecule has 26 heavy (non-hydrogen) atoms. The van der Waals surface area contributed by atoms with Gasteiger partial charge in [-0.05, 0) is 12.1 Å². The van der Waals surface area contributed by atoms with E-state index in [1.807, 2.05) is 23.1 Å². The summed E-state index contributed by atoms with van der Waals surface area (Å²) in [7, 11) is 0. The highest BCUT2D eigenvalue weighted by Crippen LogP contribution is 2.33. The Bertz CT molecular complexity index is 811. The number of amides is 1. The van der Waals surface area contributed by atoms with E-state index >= 15 is 0 Å². The lowest BCUT2D eigenvalue weighted by Crippen LogP contribution is -2.67. The summed E-state index contributed by atoms with van der Waals surface area (Å²) >= 11 is 7.78. The van der Waals surface area contributed by atoms with Crippen LogP contribution in [0, 0.1) is 0 Å². The monoisotopic (exact) mass is 401 g/mol. The maximum atomic E-state index is 13.0. The van der Waals surface area contributed by atoms with E-state index in [0.29, 0.717) is 31.2 Å². The number of benzene rings is 1. The third-order valence-corrected chi connectivity index (χ3v) is 6.07. The summed E-state index contributed by atoms with van der Waals surface area (Å²) in [6, 6.07) is 4.62. The summed E-state index contributed by atoms with van der Waals surface area (Å²) < 4.78 is 27.0. The molecule has 2 aromatic rings. The minimum absolute atomic E-state index is 0.194. The molecule has 0 bridgehead atoms. The Labute approximate surface area is 158 Å². The zero-order valence-corrected chi connectivity index (χ0v) is 15.4. The Morgan fingerprint density at radius 1 is 1.27 bits per heavy atom. The lowest BCUT2D eigenvalue weighted by molar-refractivity contribution is -0.129. The molecule has 1 aromatic heterocycles. The summed E-state index contributed by atoms with van der Waals surface area (Å²) in [5.74, 6) is -0.345. The van der Waals surface area contributed by atoms with Gasteiger partial charge in [0.15, 0.2) is 5.13 Å². The molecule has 2 aliphatic heterocycles. The molecule has 2 saturated heterocycles. The number of rotatable bonds is 3. The fourth-order valence-electron chi connectivity index (χ4n) is 3.28. The number of nitrogens with zero attached hydrogens (tertiary/aromatic N) is 3. The molecule has 3 heterocycles. The van der Waals surface area contributed by atoms with Crippen LogP contribution >= 0.6 is 22.9 Å². The van der Waals surface area contributed by atoms with E-state index in [2.05, 4.69) is 20.5 Å². The number of aromatic nitrogens is 1. The smallest absolute Gasteiger partial charge is 0.254 e. The summed E-state index contributed by atoms with van der Waals surface area (Å²) in [4.78, 5) is 20.5. The number of piperazine rings is 1. The fourth-order valence-corrected chi connectivity index (χ4v) is 4.60. The first-order chi connectivity index (χ1) is 12.5. The quantitative estimate of drug-likeness (QED) is 0.824. The second-order valence-electron chi connectivity index (χ2n) is 6.39. The van der Waals surface area contributed by atoms with E-state index in [1.54, 1.807) is 11.3 Å². The van der Waals surface area contributed by atoms with Crippen LogP contribution in [0.5, 0.6) is 0 Å². The highest BCUT2D eigenvalue weighted by molar-refractivity contribution is 7.22. The third-order valence-electron chi connectivity index (χ3n) is 4.69. The molecule has 1 amide bonds. The highest BCUT2D eigenvalue weighted by Gasteiger charge is 2.35. The van der Waals surface area contributed by atoms with Crippen LogP contribution in [0.2, 0.25) is 5.02 Å². The van der Waals surface area contributed by atoms with Gasteiger partial charge in [0.2, 0.25) is 5.91 Å². The van der Waals surface area contributed by atoms with Crippen LogP contribution in [-0.2, 0) is 4.79 Å². The van der Waals surface area contributed by atoms with E-state index in [4.69, 9.17) is 11.6 Å². The van der Waals surface area contributed by atoms with Crippen LogP contribution in [0.1, 0.15) is 6.42 Å². The number of carbonyl (C=O) groups is 1. The van der Waals surface area contributed by atoms with Crippen molar-refractivity contribution in [3.63, 3.8) is 0 Å². The van der Waals surface area contributed by atoms with Gasteiger partial charge in [-0.15, -0.1) is 0 Å². The topological polar surface area (TPSA) is 60.5 Å². The molecular weight excluding hydrogens is 384 g/mol. The van der Waals surface area contributed by atoms with E-state index in [1.165, 1.54) is 0 Å². The van der Waals surface area contributed by atoms with Crippen molar-refractivity contribution in [1.29, 1.82) is 0 Å². The summed E-state index contributed by atoms with van der Waals surface area (Å²) in [5.41, 5.74) is 0.803. The van der Waals surface area contributed by atoms with Crippen molar-refractivity contribution < 1.29 is 13.6 Å². The Kier molecular flexibility index (Phi) is 4.96. The normalized spacial score (nSPS) is 25.1. The number of fused-ring (bicyclic) bond motifs is 1. The molecule has 0 aliphatic carbocycles.